The fourth-order valence-corrected chi connectivity index (χ4v) is 4.95. The van der Waals surface area contributed by atoms with Crippen LogP contribution < -0.4 is 25.8 Å². The third-order valence-electron chi connectivity index (χ3n) is 7.34. The molecule has 1 saturated heterocycles. The minimum Gasteiger partial charge on any atom is -0.480 e. The van der Waals surface area contributed by atoms with Crippen molar-refractivity contribution in [2.75, 3.05) is 48.8 Å². The van der Waals surface area contributed by atoms with Crippen molar-refractivity contribution in [1.82, 2.24) is 19.4 Å². The van der Waals surface area contributed by atoms with Gasteiger partial charge in [-0.2, -0.15) is 4.98 Å². The van der Waals surface area contributed by atoms with Gasteiger partial charge >= 0.3 is 5.92 Å². The summed E-state index contributed by atoms with van der Waals surface area (Å²) in [7, 11) is 3.25. The molecule has 13 heteroatoms. The zero-order valence-corrected chi connectivity index (χ0v) is 20.8. The number of anilines is 4. The van der Waals surface area contributed by atoms with Gasteiger partial charge in [0.15, 0.2) is 18.2 Å². The van der Waals surface area contributed by atoms with Gasteiger partial charge in [-0.05, 0) is 37.0 Å². The standard InChI is InChI=1S/C25H26F3N7O3/c1-33-7-8-35(11-18(33)36)24-29-10-16(26)22(32-24)30-14-5-6-17-15(9-14)19-20(23(37)34(17)2)38-12-25(27,28)21(31-19)13-3-4-13/h5-6,9-10,13,21,31H,3-4,7-8,11-12H2,1-2H3,(H,29,30,32)/t21-/m0/s1. The topological polar surface area (TPSA) is 105 Å². The first-order chi connectivity index (χ1) is 18.1. The number of amides is 1. The molecular formula is C25H26F3N7O3. The molecule has 200 valence electrons. The number of ether oxygens (including phenoxy) is 1. The molecule has 6 rings (SSSR count). The number of piperazine rings is 1. The monoisotopic (exact) mass is 529 g/mol. The first-order valence-corrected chi connectivity index (χ1v) is 12.3. The Labute approximate surface area is 215 Å². The summed E-state index contributed by atoms with van der Waals surface area (Å²) in [4.78, 5) is 36.7. The lowest BCUT2D eigenvalue weighted by Crippen LogP contribution is -2.49. The van der Waals surface area contributed by atoms with E-state index in [0.29, 0.717) is 42.5 Å². The fraction of sp³-hybridized carbons (Fsp3) is 0.440. The van der Waals surface area contributed by atoms with E-state index in [-0.39, 0.29) is 41.6 Å². The predicted molar refractivity (Wildman–Crippen MR) is 135 cm³/mol. The van der Waals surface area contributed by atoms with Gasteiger partial charge in [-0.1, -0.05) is 0 Å². The number of hydrogen-bond donors (Lipinski definition) is 2. The van der Waals surface area contributed by atoms with E-state index in [9.17, 15) is 22.8 Å². The maximum atomic E-state index is 14.9. The number of carbonyl (C=O) groups is 1. The molecule has 2 N–H and O–H groups in total. The number of nitrogens with zero attached hydrogens (tertiary/aromatic N) is 5. The molecule has 3 aromatic rings. The number of pyridine rings is 1. The quantitative estimate of drug-likeness (QED) is 0.532. The number of hydrogen-bond acceptors (Lipinski definition) is 8. The molecule has 1 amide bonds. The van der Waals surface area contributed by atoms with Crippen LogP contribution >= 0.6 is 0 Å². The Kier molecular flexibility index (Phi) is 5.61. The van der Waals surface area contributed by atoms with E-state index in [1.807, 2.05) is 0 Å². The lowest BCUT2D eigenvalue weighted by Gasteiger charge is -2.32. The van der Waals surface area contributed by atoms with Crippen molar-refractivity contribution in [2.24, 2.45) is 13.0 Å². The Morgan fingerprint density at radius 3 is 2.71 bits per heavy atom. The second-order valence-corrected chi connectivity index (χ2v) is 10.0. The highest BCUT2D eigenvalue weighted by Crippen LogP contribution is 2.45. The highest BCUT2D eigenvalue weighted by Gasteiger charge is 2.51. The maximum Gasteiger partial charge on any atom is 0.301 e. The number of benzene rings is 1. The molecule has 38 heavy (non-hydrogen) atoms. The number of alkyl halides is 2. The van der Waals surface area contributed by atoms with Crippen LogP contribution in [0.5, 0.6) is 5.75 Å². The fourth-order valence-electron chi connectivity index (χ4n) is 4.95. The van der Waals surface area contributed by atoms with Gasteiger partial charge in [0, 0.05) is 38.3 Å². The van der Waals surface area contributed by atoms with Crippen LogP contribution in [0.3, 0.4) is 0 Å². The second-order valence-electron chi connectivity index (χ2n) is 10.0. The van der Waals surface area contributed by atoms with Crippen molar-refractivity contribution < 1.29 is 22.7 Å². The molecule has 10 nitrogen and oxygen atoms in total. The van der Waals surface area contributed by atoms with E-state index in [2.05, 4.69) is 20.6 Å². The molecule has 1 atom stereocenters. The Morgan fingerprint density at radius 1 is 1.18 bits per heavy atom. The molecule has 0 bridgehead atoms. The van der Waals surface area contributed by atoms with Crippen LogP contribution in [-0.2, 0) is 11.8 Å². The Morgan fingerprint density at radius 2 is 1.97 bits per heavy atom. The molecule has 1 aromatic carbocycles. The van der Waals surface area contributed by atoms with Crippen molar-refractivity contribution in [3.63, 3.8) is 0 Å². The summed E-state index contributed by atoms with van der Waals surface area (Å²) in [5.41, 5.74) is 0.578. The van der Waals surface area contributed by atoms with Crippen molar-refractivity contribution >= 4 is 40.0 Å². The molecule has 0 unspecified atom stereocenters. The molecule has 1 saturated carbocycles. The first-order valence-electron chi connectivity index (χ1n) is 12.3. The van der Waals surface area contributed by atoms with E-state index in [0.717, 1.165) is 6.20 Å². The van der Waals surface area contributed by atoms with Gasteiger partial charge in [0.1, 0.15) is 0 Å². The average molecular weight is 530 g/mol. The molecule has 2 aliphatic heterocycles. The van der Waals surface area contributed by atoms with Gasteiger partial charge in [0.05, 0.1) is 30.0 Å². The molecule has 4 heterocycles. The molecule has 2 aromatic heterocycles. The van der Waals surface area contributed by atoms with Crippen molar-refractivity contribution in [3.8, 4) is 5.75 Å². The number of likely N-dealkylation sites (N-methyl/N-ethyl adjacent to an activating group) is 1. The van der Waals surface area contributed by atoms with Crippen molar-refractivity contribution in [2.45, 2.75) is 24.8 Å². The van der Waals surface area contributed by atoms with Gasteiger partial charge < -0.3 is 29.7 Å². The largest absolute Gasteiger partial charge is 0.480 e. The minimum absolute atomic E-state index is 0.0795. The van der Waals surface area contributed by atoms with E-state index < -0.39 is 29.9 Å². The van der Waals surface area contributed by atoms with Gasteiger partial charge in [-0.3, -0.25) is 9.59 Å². The Bertz CT molecular complexity index is 1510. The Balaban J connectivity index is 1.38. The molecule has 1 aliphatic carbocycles. The average Bonchev–Trinajstić information content (AvgIpc) is 3.73. The van der Waals surface area contributed by atoms with Gasteiger partial charge in [-0.25, -0.2) is 18.2 Å². The van der Waals surface area contributed by atoms with E-state index >= 15 is 0 Å². The van der Waals surface area contributed by atoms with E-state index in [1.54, 1.807) is 35.0 Å². The molecule has 0 spiro atoms. The molecule has 3 aliphatic rings. The number of aromatic nitrogens is 3. The minimum atomic E-state index is -3.15. The summed E-state index contributed by atoms with van der Waals surface area (Å²) < 4.78 is 51.2. The Hall–Kier alpha value is -4.03. The molecular weight excluding hydrogens is 503 g/mol. The van der Waals surface area contributed by atoms with Gasteiger partial charge in [0.2, 0.25) is 17.6 Å². The van der Waals surface area contributed by atoms with E-state index in [4.69, 9.17) is 4.74 Å². The number of carbonyl (C=O) groups excluding carboxylic acids is 1. The van der Waals surface area contributed by atoms with Crippen LogP contribution in [0, 0.1) is 11.7 Å². The van der Waals surface area contributed by atoms with Gasteiger partial charge in [0.25, 0.3) is 5.56 Å². The number of rotatable bonds is 4. The summed E-state index contributed by atoms with van der Waals surface area (Å²) >= 11 is 0. The summed E-state index contributed by atoms with van der Waals surface area (Å²) in [6.45, 7) is 0.182. The third kappa shape index (κ3) is 4.15. The normalized spacial score (nSPS) is 21.0. The zero-order valence-electron chi connectivity index (χ0n) is 20.8. The number of halogens is 3. The zero-order chi connectivity index (χ0) is 26.8. The van der Waals surface area contributed by atoms with Crippen LogP contribution in [0.4, 0.5) is 36.3 Å². The maximum absolute atomic E-state index is 14.9. The number of aryl methyl sites for hydroxylation is 1. The molecule has 2 fully saturated rings. The van der Waals surface area contributed by atoms with E-state index in [1.165, 1.54) is 11.6 Å². The highest BCUT2D eigenvalue weighted by atomic mass is 19.3. The van der Waals surface area contributed by atoms with Crippen LogP contribution in [0.15, 0.2) is 29.2 Å². The van der Waals surface area contributed by atoms with Crippen LogP contribution in [-0.4, -0.2) is 70.6 Å². The number of nitrogens with one attached hydrogen (secondary N) is 2. The lowest BCUT2D eigenvalue weighted by atomic mass is 10.0. The van der Waals surface area contributed by atoms with Crippen LogP contribution in [0.25, 0.3) is 10.9 Å². The van der Waals surface area contributed by atoms with Crippen molar-refractivity contribution in [3.05, 3.63) is 40.6 Å². The first kappa shape index (κ1) is 24.3. The summed E-state index contributed by atoms with van der Waals surface area (Å²) in [5.74, 6) is -4.24. The third-order valence-corrected chi connectivity index (χ3v) is 7.34. The summed E-state index contributed by atoms with van der Waals surface area (Å²) in [5, 5.41) is 6.32. The highest BCUT2D eigenvalue weighted by molar-refractivity contribution is 5.97. The van der Waals surface area contributed by atoms with Crippen LogP contribution in [0.1, 0.15) is 12.8 Å². The smallest absolute Gasteiger partial charge is 0.301 e. The van der Waals surface area contributed by atoms with Crippen molar-refractivity contribution in [1.29, 1.82) is 0 Å². The summed E-state index contributed by atoms with van der Waals surface area (Å²) in [6, 6.07) is 3.76. The number of fused-ring (bicyclic) bond motifs is 3. The van der Waals surface area contributed by atoms with Gasteiger partial charge in [-0.15, -0.1) is 0 Å². The second kappa shape index (κ2) is 8.77. The molecule has 0 radical (unpaired) electrons. The SMILES string of the molecule is CN1CCN(c2ncc(F)c(Nc3ccc4c(c3)c3c(c(=O)n4C)OCC(F)(F)[C@H](C4CC4)N3)n2)CC1=O. The van der Waals surface area contributed by atoms with Crippen LogP contribution in [0.2, 0.25) is 0 Å². The summed E-state index contributed by atoms with van der Waals surface area (Å²) in [6.07, 6.45) is 2.38. The predicted octanol–water partition coefficient (Wildman–Crippen LogP) is 2.71. The lowest BCUT2D eigenvalue weighted by molar-refractivity contribution is -0.129.